The van der Waals surface area contributed by atoms with E-state index in [0.717, 1.165) is 0 Å². The predicted octanol–water partition coefficient (Wildman–Crippen LogP) is 3.58. The molecule has 2 fully saturated rings. The van der Waals surface area contributed by atoms with Crippen molar-refractivity contribution in [3.05, 3.63) is 36.0 Å². The molecule has 5 atom stereocenters. The minimum absolute atomic E-state index is 0.107. The van der Waals surface area contributed by atoms with Crippen LogP contribution in [0.15, 0.2) is 36.0 Å². The first-order valence-corrected chi connectivity index (χ1v) is 8.68. The lowest BCUT2D eigenvalue weighted by Crippen LogP contribution is -2.52. The Bertz CT molecular complexity index is 642. The Morgan fingerprint density at radius 1 is 1.50 bits per heavy atom. The van der Waals surface area contributed by atoms with Crippen molar-refractivity contribution in [2.24, 2.45) is 23.2 Å². The van der Waals surface area contributed by atoms with Crippen molar-refractivity contribution in [3.8, 4) is 0 Å². The normalized spacial score (nSPS) is 37.6. The molecule has 4 nitrogen and oxygen atoms in total. The molecular weight excluding hydrogens is 304 g/mol. The summed E-state index contributed by atoms with van der Waals surface area (Å²) in [6, 6.07) is 0. The van der Waals surface area contributed by atoms with Crippen molar-refractivity contribution in [2.75, 3.05) is 0 Å². The lowest BCUT2D eigenvalue weighted by Gasteiger charge is -2.49. The number of hydrogen-bond donors (Lipinski definition) is 0. The Labute approximate surface area is 143 Å². The van der Waals surface area contributed by atoms with E-state index in [1.54, 1.807) is 0 Å². The summed E-state index contributed by atoms with van der Waals surface area (Å²) in [7, 11) is 0. The summed E-state index contributed by atoms with van der Waals surface area (Å²) in [5.74, 6) is -0.474. The summed E-state index contributed by atoms with van der Waals surface area (Å²) < 4.78 is 11.5. The quantitative estimate of drug-likeness (QED) is 0.586. The van der Waals surface area contributed by atoms with E-state index >= 15 is 0 Å². The van der Waals surface area contributed by atoms with Crippen LogP contribution in [0.5, 0.6) is 0 Å². The second-order valence-electron chi connectivity index (χ2n) is 8.00. The Kier molecular flexibility index (Phi) is 4.18. The summed E-state index contributed by atoms with van der Waals surface area (Å²) >= 11 is 0. The molecule has 0 radical (unpaired) electrons. The smallest absolute Gasteiger partial charge is 0.334 e. The van der Waals surface area contributed by atoms with Gasteiger partial charge in [-0.2, -0.15) is 0 Å². The highest BCUT2D eigenvalue weighted by Gasteiger charge is 2.58. The monoisotopic (exact) mass is 330 g/mol. The summed E-state index contributed by atoms with van der Waals surface area (Å²) in [5.41, 5.74) is 1.45. The van der Waals surface area contributed by atoms with Gasteiger partial charge in [0.05, 0.1) is 5.92 Å². The van der Waals surface area contributed by atoms with E-state index in [-0.39, 0.29) is 47.3 Å². The number of carbonyl (C=O) groups excluding carboxylic acids is 2. The number of hydrogen-bond acceptors (Lipinski definition) is 4. The molecule has 0 aromatic heterocycles. The second-order valence-corrected chi connectivity index (χ2v) is 8.00. The molecule has 3 rings (SSSR count). The lowest BCUT2D eigenvalue weighted by atomic mass is 9.57. The highest BCUT2D eigenvalue weighted by atomic mass is 16.6. The molecule has 24 heavy (non-hydrogen) atoms. The highest BCUT2D eigenvalue weighted by molar-refractivity contribution is 5.91. The Hall–Kier alpha value is -1.84. The van der Waals surface area contributed by atoms with Crippen LogP contribution in [0.2, 0.25) is 0 Å². The fourth-order valence-electron chi connectivity index (χ4n) is 4.52. The van der Waals surface area contributed by atoms with Crippen LogP contribution in [0.1, 0.15) is 40.5 Å². The van der Waals surface area contributed by atoms with Gasteiger partial charge in [-0.25, -0.2) is 4.79 Å². The van der Waals surface area contributed by atoms with Crippen LogP contribution in [0.4, 0.5) is 0 Å². The van der Waals surface area contributed by atoms with Crippen molar-refractivity contribution in [1.29, 1.82) is 0 Å². The van der Waals surface area contributed by atoms with Crippen molar-refractivity contribution in [3.63, 3.8) is 0 Å². The maximum atomic E-state index is 12.2. The molecule has 3 aliphatic rings. The molecule has 130 valence electrons. The van der Waals surface area contributed by atoms with Crippen molar-refractivity contribution in [1.82, 2.24) is 0 Å². The van der Waals surface area contributed by atoms with Crippen LogP contribution in [0.3, 0.4) is 0 Å². The van der Waals surface area contributed by atoms with Crippen LogP contribution in [0.25, 0.3) is 0 Å². The van der Waals surface area contributed by atoms with Gasteiger partial charge in [0.2, 0.25) is 0 Å². The minimum atomic E-state index is -0.364. The summed E-state index contributed by atoms with van der Waals surface area (Å²) in [6.45, 7) is 12.1. The van der Waals surface area contributed by atoms with Gasteiger partial charge in [-0.05, 0) is 24.7 Å². The molecule has 1 aliphatic heterocycles. The molecule has 2 aliphatic carbocycles. The van der Waals surface area contributed by atoms with Gasteiger partial charge in [0.15, 0.2) is 0 Å². The number of esters is 2. The van der Waals surface area contributed by atoms with Crippen LogP contribution in [-0.4, -0.2) is 24.1 Å². The topological polar surface area (TPSA) is 52.6 Å². The van der Waals surface area contributed by atoms with Crippen molar-refractivity contribution >= 4 is 11.9 Å². The van der Waals surface area contributed by atoms with Gasteiger partial charge in [0, 0.05) is 17.9 Å². The molecule has 0 aromatic rings. The predicted molar refractivity (Wildman–Crippen MR) is 91.0 cm³/mol. The molecule has 0 N–H and O–H groups in total. The van der Waals surface area contributed by atoms with E-state index in [1.807, 2.05) is 19.9 Å². The molecule has 0 spiro atoms. The SMILES string of the molecule is C=C1C(=O)OC2C1C(OC(=O)CC(C)C)CC1(C)C=CC=C(C)C21. The number of fused-ring (bicyclic) bond motifs is 3. The van der Waals surface area contributed by atoms with E-state index < -0.39 is 0 Å². The highest BCUT2D eigenvalue weighted by Crippen LogP contribution is 2.55. The molecule has 1 heterocycles. The zero-order chi connectivity index (χ0) is 17.6. The average molecular weight is 330 g/mol. The third-order valence-corrected chi connectivity index (χ3v) is 5.53. The van der Waals surface area contributed by atoms with Gasteiger partial charge in [-0.1, -0.05) is 51.2 Å². The second kappa shape index (κ2) is 5.91. The van der Waals surface area contributed by atoms with Crippen LogP contribution >= 0.6 is 0 Å². The molecule has 4 heteroatoms. The first kappa shape index (κ1) is 17.0. The third kappa shape index (κ3) is 2.72. The number of ether oxygens (including phenoxy) is 2. The van der Waals surface area contributed by atoms with Gasteiger partial charge in [-0.3, -0.25) is 4.79 Å². The average Bonchev–Trinajstić information content (AvgIpc) is 2.72. The van der Waals surface area contributed by atoms with E-state index in [2.05, 4.69) is 32.6 Å². The van der Waals surface area contributed by atoms with Gasteiger partial charge >= 0.3 is 11.9 Å². The zero-order valence-corrected chi connectivity index (χ0v) is 14.9. The number of allylic oxidation sites excluding steroid dienone is 3. The fraction of sp³-hybridized carbons (Fsp3) is 0.600. The maximum Gasteiger partial charge on any atom is 0.334 e. The van der Waals surface area contributed by atoms with Crippen molar-refractivity contribution < 1.29 is 19.1 Å². The van der Waals surface area contributed by atoms with Crippen LogP contribution < -0.4 is 0 Å². The molecule has 5 unspecified atom stereocenters. The van der Waals surface area contributed by atoms with Gasteiger partial charge in [0.1, 0.15) is 12.2 Å². The van der Waals surface area contributed by atoms with E-state index in [4.69, 9.17) is 9.47 Å². The minimum Gasteiger partial charge on any atom is -0.462 e. The molecular formula is C20H26O4. The van der Waals surface area contributed by atoms with Crippen molar-refractivity contribution in [2.45, 2.75) is 52.7 Å². The van der Waals surface area contributed by atoms with Crippen LogP contribution in [-0.2, 0) is 19.1 Å². The molecule has 0 amide bonds. The van der Waals surface area contributed by atoms with E-state index in [9.17, 15) is 9.59 Å². The lowest BCUT2D eigenvalue weighted by molar-refractivity contribution is -0.163. The third-order valence-electron chi connectivity index (χ3n) is 5.53. The largest absolute Gasteiger partial charge is 0.462 e. The summed E-state index contributed by atoms with van der Waals surface area (Å²) in [6.07, 6.45) is 6.66. The van der Waals surface area contributed by atoms with E-state index in [1.165, 1.54) is 5.57 Å². The Balaban J connectivity index is 1.92. The van der Waals surface area contributed by atoms with Crippen LogP contribution in [0, 0.1) is 23.2 Å². The maximum absolute atomic E-state index is 12.2. The Morgan fingerprint density at radius 2 is 2.21 bits per heavy atom. The Morgan fingerprint density at radius 3 is 2.88 bits per heavy atom. The number of carbonyl (C=O) groups is 2. The standard InChI is InChI=1S/C20H26O4/c1-11(2)9-15(21)23-14-10-20(5)8-6-7-12(3)17(20)18-16(14)13(4)19(22)24-18/h6-8,11,14,16-18H,4,9-10H2,1-3,5H3. The summed E-state index contributed by atoms with van der Waals surface area (Å²) in [4.78, 5) is 24.4. The number of rotatable bonds is 3. The molecule has 1 saturated heterocycles. The van der Waals surface area contributed by atoms with Gasteiger partial charge < -0.3 is 9.47 Å². The molecule has 1 saturated carbocycles. The van der Waals surface area contributed by atoms with Gasteiger partial charge in [0.25, 0.3) is 0 Å². The molecule has 0 aromatic carbocycles. The first-order valence-electron chi connectivity index (χ1n) is 8.68. The summed E-state index contributed by atoms with van der Waals surface area (Å²) in [5, 5.41) is 0. The zero-order valence-electron chi connectivity index (χ0n) is 14.9. The first-order chi connectivity index (χ1) is 11.2. The van der Waals surface area contributed by atoms with Gasteiger partial charge in [-0.15, -0.1) is 0 Å². The fourth-order valence-corrected chi connectivity index (χ4v) is 4.52. The molecule has 0 bridgehead atoms. The van der Waals surface area contributed by atoms with E-state index in [0.29, 0.717) is 18.4 Å².